The number of likely N-dealkylation sites (tertiary alicyclic amines) is 1. The van der Waals surface area contributed by atoms with Crippen molar-refractivity contribution in [3.63, 3.8) is 0 Å². The third-order valence-corrected chi connectivity index (χ3v) is 3.22. The van der Waals surface area contributed by atoms with Crippen LogP contribution in [-0.4, -0.2) is 36.3 Å². The van der Waals surface area contributed by atoms with Gasteiger partial charge in [0.25, 0.3) is 5.91 Å². The molecule has 2 amide bonds. The van der Waals surface area contributed by atoms with Crippen molar-refractivity contribution < 1.29 is 14.0 Å². The fourth-order valence-electron chi connectivity index (χ4n) is 2.07. The van der Waals surface area contributed by atoms with E-state index >= 15 is 0 Å². The molecule has 0 bridgehead atoms. The lowest BCUT2D eigenvalue weighted by Gasteiger charge is -2.30. The molecule has 1 aromatic rings. The van der Waals surface area contributed by atoms with Gasteiger partial charge in [-0.25, -0.2) is 4.39 Å². The summed E-state index contributed by atoms with van der Waals surface area (Å²) in [6.07, 6.45) is 1.02. The van der Waals surface area contributed by atoms with Gasteiger partial charge in [-0.3, -0.25) is 9.59 Å². The molecule has 1 heterocycles. The average molecular weight is 265 g/mol. The van der Waals surface area contributed by atoms with Crippen molar-refractivity contribution in [2.45, 2.75) is 18.9 Å². The van der Waals surface area contributed by atoms with Gasteiger partial charge in [0.15, 0.2) is 0 Å². The predicted octanol–water partition coefficient (Wildman–Crippen LogP) is 0.758. The Labute approximate surface area is 110 Å². The van der Waals surface area contributed by atoms with Gasteiger partial charge >= 0.3 is 0 Å². The molecular formula is C13H16FN3O2. The SMILES string of the molecule is CN1CC(NC(=O)c2ccc(N)c(F)c2)CCC1=O. The number of rotatable bonds is 2. The zero-order valence-electron chi connectivity index (χ0n) is 10.6. The maximum atomic E-state index is 13.3. The fraction of sp³-hybridized carbons (Fsp3) is 0.385. The fourth-order valence-corrected chi connectivity index (χ4v) is 2.07. The number of likely N-dealkylation sites (N-methyl/N-ethyl adjacent to an activating group) is 1. The second kappa shape index (κ2) is 5.26. The number of halogens is 1. The first-order chi connectivity index (χ1) is 8.97. The molecule has 0 spiro atoms. The quantitative estimate of drug-likeness (QED) is 0.775. The van der Waals surface area contributed by atoms with Crippen molar-refractivity contribution in [2.24, 2.45) is 0 Å². The first-order valence-corrected chi connectivity index (χ1v) is 6.07. The van der Waals surface area contributed by atoms with Crippen LogP contribution in [0.4, 0.5) is 10.1 Å². The number of hydrogen-bond acceptors (Lipinski definition) is 3. The van der Waals surface area contributed by atoms with E-state index in [4.69, 9.17) is 5.73 Å². The van der Waals surface area contributed by atoms with E-state index in [0.717, 1.165) is 6.07 Å². The van der Waals surface area contributed by atoms with Crippen molar-refractivity contribution in [3.8, 4) is 0 Å². The highest BCUT2D eigenvalue weighted by Gasteiger charge is 2.24. The smallest absolute Gasteiger partial charge is 0.251 e. The van der Waals surface area contributed by atoms with E-state index in [9.17, 15) is 14.0 Å². The highest BCUT2D eigenvalue weighted by atomic mass is 19.1. The van der Waals surface area contributed by atoms with E-state index in [-0.39, 0.29) is 29.1 Å². The minimum absolute atomic E-state index is 0.0135. The molecular weight excluding hydrogens is 249 g/mol. The Bertz CT molecular complexity index is 519. The van der Waals surface area contributed by atoms with Crippen LogP contribution in [0, 0.1) is 5.82 Å². The van der Waals surface area contributed by atoms with Gasteiger partial charge in [0.2, 0.25) is 5.91 Å². The van der Waals surface area contributed by atoms with Crippen molar-refractivity contribution in [2.75, 3.05) is 19.3 Å². The van der Waals surface area contributed by atoms with Crippen molar-refractivity contribution in [1.29, 1.82) is 0 Å². The van der Waals surface area contributed by atoms with Crippen molar-refractivity contribution >= 4 is 17.5 Å². The first-order valence-electron chi connectivity index (χ1n) is 6.07. The van der Waals surface area contributed by atoms with Crippen LogP contribution in [0.5, 0.6) is 0 Å². The van der Waals surface area contributed by atoms with Crippen LogP contribution in [0.2, 0.25) is 0 Å². The highest BCUT2D eigenvalue weighted by molar-refractivity contribution is 5.94. The zero-order chi connectivity index (χ0) is 14.0. The summed E-state index contributed by atoms with van der Waals surface area (Å²) in [7, 11) is 1.70. The number of nitrogens with two attached hydrogens (primary N) is 1. The molecule has 102 valence electrons. The number of benzene rings is 1. The van der Waals surface area contributed by atoms with E-state index in [1.54, 1.807) is 11.9 Å². The normalized spacial score (nSPS) is 19.4. The molecule has 2 rings (SSSR count). The molecule has 1 aromatic carbocycles. The van der Waals surface area contributed by atoms with Gasteiger partial charge in [0.1, 0.15) is 5.82 Å². The summed E-state index contributed by atoms with van der Waals surface area (Å²) in [6, 6.07) is 3.85. The van der Waals surface area contributed by atoms with Crippen LogP contribution in [0.25, 0.3) is 0 Å². The van der Waals surface area contributed by atoms with E-state index in [0.29, 0.717) is 19.4 Å². The van der Waals surface area contributed by atoms with Gasteiger partial charge in [-0.05, 0) is 24.6 Å². The third kappa shape index (κ3) is 3.01. The molecule has 1 fully saturated rings. The molecule has 5 nitrogen and oxygen atoms in total. The number of piperidine rings is 1. The van der Waals surface area contributed by atoms with Gasteiger partial charge in [0, 0.05) is 31.6 Å². The molecule has 1 saturated heterocycles. The summed E-state index contributed by atoms with van der Waals surface area (Å²) >= 11 is 0. The first kappa shape index (κ1) is 13.3. The van der Waals surface area contributed by atoms with E-state index in [1.807, 2.05) is 0 Å². The Morgan fingerprint density at radius 3 is 2.89 bits per heavy atom. The number of nitrogens with zero attached hydrogens (tertiary/aromatic N) is 1. The molecule has 6 heteroatoms. The van der Waals surface area contributed by atoms with Crippen LogP contribution < -0.4 is 11.1 Å². The van der Waals surface area contributed by atoms with Gasteiger partial charge in [-0.2, -0.15) is 0 Å². The monoisotopic (exact) mass is 265 g/mol. The number of amides is 2. The maximum Gasteiger partial charge on any atom is 0.251 e. The van der Waals surface area contributed by atoms with Crippen LogP contribution in [0.1, 0.15) is 23.2 Å². The van der Waals surface area contributed by atoms with Crippen molar-refractivity contribution in [3.05, 3.63) is 29.6 Å². The summed E-state index contributed by atoms with van der Waals surface area (Å²) in [5.74, 6) is -0.890. The van der Waals surface area contributed by atoms with Crippen LogP contribution >= 0.6 is 0 Å². The number of nitrogens with one attached hydrogen (secondary N) is 1. The van der Waals surface area contributed by atoms with E-state index < -0.39 is 5.82 Å². The number of carbonyl (C=O) groups excluding carboxylic acids is 2. The van der Waals surface area contributed by atoms with Gasteiger partial charge < -0.3 is 16.0 Å². The average Bonchev–Trinajstić information content (AvgIpc) is 2.37. The zero-order valence-corrected chi connectivity index (χ0v) is 10.6. The molecule has 1 unspecified atom stereocenters. The standard InChI is InChI=1S/C13H16FN3O2/c1-17-7-9(3-5-12(17)18)16-13(19)8-2-4-11(15)10(14)6-8/h2,4,6,9H,3,5,7,15H2,1H3,(H,16,19). The highest BCUT2D eigenvalue weighted by Crippen LogP contribution is 2.14. The molecule has 0 radical (unpaired) electrons. The second-order valence-electron chi connectivity index (χ2n) is 4.72. The lowest BCUT2D eigenvalue weighted by molar-refractivity contribution is -0.132. The van der Waals surface area contributed by atoms with Gasteiger partial charge in [-0.15, -0.1) is 0 Å². The number of anilines is 1. The predicted molar refractivity (Wildman–Crippen MR) is 68.9 cm³/mol. The Hall–Kier alpha value is -2.11. The van der Waals surface area contributed by atoms with E-state index in [1.165, 1.54) is 12.1 Å². The minimum atomic E-state index is -0.608. The van der Waals surface area contributed by atoms with E-state index in [2.05, 4.69) is 5.32 Å². The molecule has 1 atom stereocenters. The molecule has 1 aliphatic rings. The minimum Gasteiger partial charge on any atom is -0.396 e. The van der Waals surface area contributed by atoms with Crippen LogP contribution in [0.15, 0.2) is 18.2 Å². The Morgan fingerprint density at radius 1 is 1.53 bits per heavy atom. The lowest BCUT2D eigenvalue weighted by Crippen LogP contribution is -2.48. The van der Waals surface area contributed by atoms with Crippen LogP contribution in [-0.2, 0) is 4.79 Å². The topological polar surface area (TPSA) is 75.4 Å². The summed E-state index contributed by atoms with van der Waals surface area (Å²) in [4.78, 5) is 24.9. The number of nitrogen functional groups attached to an aromatic ring is 1. The molecule has 3 N–H and O–H groups in total. The molecule has 0 aromatic heterocycles. The molecule has 1 aliphatic heterocycles. The molecule has 19 heavy (non-hydrogen) atoms. The maximum absolute atomic E-state index is 13.3. The Morgan fingerprint density at radius 2 is 2.26 bits per heavy atom. The summed E-state index contributed by atoms with van der Waals surface area (Å²) in [6.45, 7) is 0.474. The Kier molecular flexibility index (Phi) is 3.69. The second-order valence-corrected chi connectivity index (χ2v) is 4.72. The summed E-state index contributed by atoms with van der Waals surface area (Å²) < 4.78 is 13.3. The van der Waals surface area contributed by atoms with Gasteiger partial charge in [0.05, 0.1) is 5.69 Å². The lowest BCUT2D eigenvalue weighted by atomic mass is 10.0. The Balaban J connectivity index is 2.01. The largest absolute Gasteiger partial charge is 0.396 e. The number of hydrogen-bond donors (Lipinski definition) is 2. The van der Waals surface area contributed by atoms with Crippen LogP contribution in [0.3, 0.4) is 0 Å². The third-order valence-electron chi connectivity index (χ3n) is 3.22. The van der Waals surface area contributed by atoms with Gasteiger partial charge in [-0.1, -0.05) is 0 Å². The molecule has 0 saturated carbocycles. The number of carbonyl (C=O) groups is 2. The summed E-state index contributed by atoms with van der Waals surface area (Å²) in [5, 5.41) is 2.79. The van der Waals surface area contributed by atoms with Crippen molar-refractivity contribution in [1.82, 2.24) is 10.2 Å². The summed E-state index contributed by atoms with van der Waals surface area (Å²) in [5.41, 5.74) is 5.60. The molecule has 0 aliphatic carbocycles.